The van der Waals surface area contributed by atoms with Crippen molar-refractivity contribution in [1.29, 1.82) is 0 Å². The van der Waals surface area contributed by atoms with E-state index in [2.05, 4.69) is 6.58 Å². The monoisotopic (exact) mass is 250 g/mol. The molecule has 1 aromatic rings. The number of aliphatic hydroxyl groups is 1. The third kappa shape index (κ3) is 4.01. The summed E-state index contributed by atoms with van der Waals surface area (Å²) in [5, 5.41) is 9.59. The van der Waals surface area contributed by atoms with Crippen LogP contribution in [0.3, 0.4) is 0 Å². The van der Waals surface area contributed by atoms with Crippen molar-refractivity contribution in [3.05, 3.63) is 42.5 Å². The first kappa shape index (κ1) is 15.8. The second-order valence-electron chi connectivity index (χ2n) is 3.03. The van der Waals surface area contributed by atoms with Gasteiger partial charge >= 0.3 is 29.6 Å². The maximum absolute atomic E-state index is 10.9. The van der Waals surface area contributed by atoms with E-state index in [0.29, 0.717) is 0 Å². The predicted octanol–water partition coefficient (Wildman–Crippen LogP) is -1.80. The third-order valence-electron chi connectivity index (χ3n) is 1.94. The van der Waals surface area contributed by atoms with Gasteiger partial charge in [0.15, 0.2) is 0 Å². The minimum Gasteiger partial charge on any atom is -0.744 e. The van der Waals surface area contributed by atoms with E-state index >= 15 is 0 Å². The van der Waals surface area contributed by atoms with Crippen LogP contribution < -0.4 is 29.6 Å². The molecule has 0 aromatic heterocycles. The van der Waals surface area contributed by atoms with E-state index < -0.39 is 16.2 Å². The summed E-state index contributed by atoms with van der Waals surface area (Å²) in [6.45, 7) is 3.43. The summed E-state index contributed by atoms with van der Waals surface area (Å²) in [6.07, 6.45) is 0.646. The minimum atomic E-state index is -4.54. The van der Waals surface area contributed by atoms with Gasteiger partial charge in [-0.3, -0.25) is 0 Å². The Morgan fingerprint density at radius 1 is 1.44 bits per heavy atom. The van der Waals surface area contributed by atoms with Gasteiger partial charge in [0, 0.05) is 0 Å². The quantitative estimate of drug-likeness (QED) is 0.389. The van der Waals surface area contributed by atoms with Crippen LogP contribution in [0.2, 0.25) is 0 Å². The Balaban J connectivity index is 0.00000225. The molecule has 0 saturated heterocycles. The fourth-order valence-corrected chi connectivity index (χ4v) is 2.01. The van der Waals surface area contributed by atoms with Crippen molar-refractivity contribution in [3.8, 4) is 0 Å². The average molecular weight is 250 g/mol. The topological polar surface area (TPSA) is 77.4 Å². The van der Waals surface area contributed by atoms with Gasteiger partial charge in [-0.05, 0) is 18.1 Å². The molecule has 1 unspecified atom stereocenters. The Morgan fingerprint density at radius 2 is 2.00 bits per heavy atom. The van der Waals surface area contributed by atoms with Crippen LogP contribution in [0.15, 0.2) is 41.8 Å². The Kier molecular flexibility index (Phi) is 6.47. The van der Waals surface area contributed by atoms with Crippen molar-refractivity contribution in [1.82, 2.24) is 0 Å². The summed E-state index contributed by atoms with van der Waals surface area (Å²) in [7, 11) is -4.54. The van der Waals surface area contributed by atoms with E-state index in [-0.39, 0.29) is 46.4 Å². The largest absolute Gasteiger partial charge is 1.00 e. The molecule has 0 spiro atoms. The molecular formula is C10H11NaO4S. The molecule has 16 heavy (non-hydrogen) atoms. The van der Waals surface area contributed by atoms with Gasteiger partial charge in [-0.2, -0.15) is 0 Å². The summed E-state index contributed by atoms with van der Waals surface area (Å²) >= 11 is 0. The van der Waals surface area contributed by atoms with Crippen molar-refractivity contribution >= 4 is 10.1 Å². The van der Waals surface area contributed by atoms with E-state index in [1.165, 1.54) is 24.3 Å². The maximum Gasteiger partial charge on any atom is 1.00 e. The van der Waals surface area contributed by atoms with Crippen LogP contribution in [0, 0.1) is 0 Å². The smallest absolute Gasteiger partial charge is 0.744 e. The molecule has 0 amide bonds. The van der Waals surface area contributed by atoms with E-state index in [4.69, 9.17) is 0 Å². The molecule has 0 fully saturated rings. The minimum absolute atomic E-state index is 0. The SMILES string of the molecule is C=CCC(O)c1ccccc1S(=O)(=O)[O-].[Na+]. The first-order valence-electron chi connectivity index (χ1n) is 4.30. The molecule has 1 aromatic carbocycles. The van der Waals surface area contributed by atoms with E-state index in [9.17, 15) is 18.1 Å². The van der Waals surface area contributed by atoms with Gasteiger partial charge in [0.1, 0.15) is 10.1 Å². The maximum atomic E-state index is 10.9. The van der Waals surface area contributed by atoms with E-state index in [0.717, 1.165) is 0 Å². The van der Waals surface area contributed by atoms with Gasteiger partial charge in [-0.15, -0.1) is 6.58 Å². The molecule has 0 aliphatic rings. The Hall–Kier alpha value is -0.170. The molecule has 0 bridgehead atoms. The molecule has 0 aliphatic carbocycles. The van der Waals surface area contributed by atoms with Crippen LogP contribution >= 0.6 is 0 Å². The summed E-state index contributed by atoms with van der Waals surface area (Å²) in [4.78, 5) is -0.376. The van der Waals surface area contributed by atoms with E-state index in [1.807, 2.05) is 0 Å². The molecule has 4 nitrogen and oxygen atoms in total. The molecule has 1 atom stereocenters. The van der Waals surface area contributed by atoms with Crippen LogP contribution in [-0.2, 0) is 10.1 Å². The van der Waals surface area contributed by atoms with Gasteiger partial charge in [-0.1, -0.05) is 24.3 Å². The molecular weight excluding hydrogens is 239 g/mol. The summed E-state index contributed by atoms with van der Waals surface area (Å²) in [5.74, 6) is 0. The van der Waals surface area contributed by atoms with Crippen molar-refractivity contribution in [2.24, 2.45) is 0 Å². The number of rotatable bonds is 4. The summed E-state index contributed by atoms with van der Waals surface area (Å²) in [6, 6.07) is 5.61. The molecule has 0 saturated carbocycles. The first-order chi connectivity index (χ1) is 6.96. The first-order valence-corrected chi connectivity index (χ1v) is 5.71. The second kappa shape index (κ2) is 6.54. The Morgan fingerprint density at radius 3 is 2.50 bits per heavy atom. The van der Waals surface area contributed by atoms with Gasteiger partial charge in [0.05, 0.1) is 11.0 Å². The molecule has 82 valence electrons. The number of hydrogen-bond acceptors (Lipinski definition) is 4. The standard InChI is InChI=1S/C10H12O4S.Na/c1-2-5-9(11)8-6-3-4-7-10(8)15(12,13)14;/h2-4,6-7,9,11H,1,5H2,(H,12,13,14);/q;+1/p-1. The van der Waals surface area contributed by atoms with Crippen molar-refractivity contribution < 1.29 is 47.6 Å². The Labute approximate surface area is 117 Å². The summed E-state index contributed by atoms with van der Waals surface area (Å²) in [5.41, 5.74) is 0.118. The predicted molar refractivity (Wildman–Crippen MR) is 54.2 cm³/mol. The fourth-order valence-electron chi connectivity index (χ4n) is 1.27. The van der Waals surface area contributed by atoms with Crippen LogP contribution in [0.1, 0.15) is 18.1 Å². The molecule has 6 heteroatoms. The molecule has 1 N–H and O–H groups in total. The zero-order valence-electron chi connectivity index (χ0n) is 8.96. The summed E-state index contributed by atoms with van der Waals surface area (Å²) < 4.78 is 32.6. The van der Waals surface area contributed by atoms with Crippen LogP contribution in [0.4, 0.5) is 0 Å². The third-order valence-corrected chi connectivity index (χ3v) is 2.85. The van der Waals surface area contributed by atoms with Gasteiger partial charge in [0.25, 0.3) is 0 Å². The second-order valence-corrected chi connectivity index (χ2v) is 4.38. The fraction of sp³-hybridized carbons (Fsp3) is 0.200. The normalized spacial score (nSPS) is 12.6. The average Bonchev–Trinajstić information content (AvgIpc) is 2.17. The molecule has 0 radical (unpaired) electrons. The van der Waals surface area contributed by atoms with Gasteiger partial charge in [0.2, 0.25) is 0 Å². The number of aliphatic hydroxyl groups excluding tert-OH is 1. The molecule has 0 aliphatic heterocycles. The van der Waals surface area contributed by atoms with Crippen LogP contribution in [-0.4, -0.2) is 18.1 Å². The van der Waals surface area contributed by atoms with Crippen molar-refractivity contribution in [3.63, 3.8) is 0 Å². The Bertz CT molecular complexity index is 456. The molecule has 1 rings (SSSR count). The van der Waals surface area contributed by atoms with Gasteiger partial charge in [-0.25, -0.2) is 8.42 Å². The van der Waals surface area contributed by atoms with Crippen molar-refractivity contribution in [2.45, 2.75) is 17.4 Å². The number of hydrogen-bond donors (Lipinski definition) is 1. The van der Waals surface area contributed by atoms with Crippen LogP contribution in [0.25, 0.3) is 0 Å². The number of benzene rings is 1. The van der Waals surface area contributed by atoms with Crippen molar-refractivity contribution in [2.75, 3.05) is 0 Å². The zero-order chi connectivity index (χ0) is 11.5. The van der Waals surface area contributed by atoms with Gasteiger partial charge < -0.3 is 9.66 Å². The van der Waals surface area contributed by atoms with Crippen LogP contribution in [0.5, 0.6) is 0 Å². The molecule has 0 heterocycles. The van der Waals surface area contributed by atoms with E-state index in [1.54, 1.807) is 6.07 Å². The zero-order valence-corrected chi connectivity index (χ0v) is 11.8.